The van der Waals surface area contributed by atoms with Gasteiger partial charge < -0.3 is 4.57 Å². The topological polar surface area (TPSA) is 48.5 Å². The van der Waals surface area contributed by atoms with Crippen molar-refractivity contribution < 1.29 is 0 Å². The van der Waals surface area contributed by atoms with Crippen molar-refractivity contribution in [3.63, 3.8) is 0 Å². The Kier molecular flexibility index (Phi) is 4.12. The summed E-state index contributed by atoms with van der Waals surface area (Å²) in [5.74, 6) is 0.868. The third kappa shape index (κ3) is 3.04. The lowest BCUT2D eigenvalue weighted by Crippen LogP contribution is -2.08. The van der Waals surface area contributed by atoms with E-state index < -0.39 is 0 Å². The van der Waals surface area contributed by atoms with Crippen LogP contribution in [0.15, 0.2) is 30.6 Å². The van der Waals surface area contributed by atoms with Gasteiger partial charge in [-0.15, -0.1) is 16.7 Å². The number of rotatable bonds is 5. The molecule has 5 nitrogen and oxygen atoms in total. The predicted octanol–water partition coefficient (Wildman–Crippen LogP) is 3.67. The van der Waals surface area contributed by atoms with Crippen LogP contribution in [0.4, 0.5) is 0 Å². The van der Waals surface area contributed by atoms with Crippen molar-refractivity contribution in [1.29, 1.82) is 0 Å². The molecule has 0 spiro atoms. The summed E-state index contributed by atoms with van der Waals surface area (Å²) < 4.78 is 3.95. The van der Waals surface area contributed by atoms with Crippen LogP contribution in [-0.2, 0) is 13.1 Å². The molecule has 110 valence electrons. The highest BCUT2D eigenvalue weighted by Gasteiger charge is 2.15. The van der Waals surface area contributed by atoms with Crippen molar-refractivity contribution in [2.45, 2.75) is 31.8 Å². The van der Waals surface area contributed by atoms with Crippen molar-refractivity contribution in [1.82, 2.24) is 24.5 Å². The molecule has 0 bridgehead atoms. The summed E-state index contributed by atoms with van der Waals surface area (Å²) in [5.41, 5.74) is 1.94. The first-order valence-corrected chi connectivity index (χ1v) is 7.60. The normalized spacial score (nSPS) is 12.9. The summed E-state index contributed by atoms with van der Waals surface area (Å²) in [4.78, 5) is 4.61. The monoisotopic (exact) mass is 323 g/mol. The molecule has 0 N–H and O–H groups in total. The number of imidazole rings is 1. The minimum atomic E-state index is -0.150. The van der Waals surface area contributed by atoms with E-state index in [1.54, 1.807) is 6.20 Å². The lowest BCUT2D eigenvalue weighted by molar-refractivity contribution is 0.511. The molecular formula is C14H15Cl2N5. The van der Waals surface area contributed by atoms with Gasteiger partial charge in [0, 0.05) is 24.3 Å². The molecule has 0 aliphatic rings. The standard InChI is InChI=1S/C14H15Cl2N5/c1-10(15)14-18-12-4-3-11(16)9-13(12)21(14)7-2-6-20-8-5-17-19-20/h3-5,8-10H,2,6-7H2,1H3. The summed E-state index contributed by atoms with van der Waals surface area (Å²) >= 11 is 12.4. The fourth-order valence-corrected chi connectivity index (χ4v) is 2.73. The summed E-state index contributed by atoms with van der Waals surface area (Å²) in [6.07, 6.45) is 4.45. The highest BCUT2D eigenvalue weighted by molar-refractivity contribution is 6.31. The molecule has 0 saturated heterocycles. The zero-order valence-corrected chi connectivity index (χ0v) is 13.1. The molecule has 7 heteroatoms. The zero-order chi connectivity index (χ0) is 14.8. The fraction of sp³-hybridized carbons (Fsp3) is 0.357. The number of nitrogens with zero attached hydrogens (tertiary/aromatic N) is 5. The molecule has 0 aliphatic carbocycles. The highest BCUT2D eigenvalue weighted by atomic mass is 35.5. The average Bonchev–Trinajstić information content (AvgIpc) is 3.07. The molecule has 3 rings (SSSR count). The highest BCUT2D eigenvalue weighted by Crippen LogP contribution is 2.26. The minimum absolute atomic E-state index is 0.150. The SMILES string of the molecule is CC(Cl)c1nc2ccc(Cl)cc2n1CCCn1ccnn1. The molecular weight excluding hydrogens is 309 g/mol. The lowest BCUT2D eigenvalue weighted by Gasteiger charge is -2.10. The minimum Gasteiger partial charge on any atom is -0.327 e. The maximum Gasteiger partial charge on any atom is 0.127 e. The number of halogens is 2. The molecule has 1 atom stereocenters. The van der Waals surface area contributed by atoms with Gasteiger partial charge in [-0.1, -0.05) is 16.8 Å². The quantitative estimate of drug-likeness (QED) is 0.673. The Bertz CT molecular complexity index is 733. The molecule has 0 fully saturated rings. The van der Waals surface area contributed by atoms with Crippen LogP contribution in [0.5, 0.6) is 0 Å². The van der Waals surface area contributed by atoms with Crippen molar-refractivity contribution in [2.24, 2.45) is 0 Å². The Hall–Kier alpha value is -1.59. The summed E-state index contributed by atoms with van der Waals surface area (Å²) in [5, 5.41) is 8.32. The number of hydrogen-bond donors (Lipinski definition) is 0. The Morgan fingerprint density at radius 2 is 2.14 bits per heavy atom. The van der Waals surface area contributed by atoms with Gasteiger partial charge >= 0.3 is 0 Å². The van der Waals surface area contributed by atoms with Crippen molar-refractivity contribution >= 4 is 34.2 Å². The fourth-order valence-electron chi connectivity index (χ4n) is 2.40. The first-order chi connectivity index (χ1) is 10.1. The van der Waals surface area contributed by atoms with Gasteiger partial charge in [0.2, 0.25) is 0 Å². The Morgan fingerprint density at radius 3 is 2.86 bits per heavy atom. The summed E-state index contributed by atoms with van der Waals surface area (Å²) in [6, 6.07) is 5.70. The lowest BCUT2D eigenvalue weighted by atomic mass is 10.3. The molecule has 0 amide bonds. The van der Waals surface area contributed by atoms with E-state index in [0.717, 1.165) is 36.4 Å². The molecule has 2 aromatic heterocycles. The maximum absolute atomic E-state index is 6.25. The molecule has 0 radical (unpaired) electrons. The first-order valence-electron chi connectivity index (χ1n) is 6.79. The van der Waals surface area contributed by atoms with Gasteiger partial charge in [0.05, 0.1) is 22.6 Å². The number of benzene rings is 1. The number of alkyl halides is 1. The predicted molar refractivity (Wildman–Crippen MR) is 83.7 cm³/mol. The first kappa shape index (κ1) is 14.4. The zero-order valence-electron chi connectivity index (χ0n) is 11.6. The third-order valence-corrected chi connectivity index (χ3v) is 3.77. The van der Waals surface area contributed by atoms with Gasteiger partial charge in [0.25, 0.3) is 0 Å². The van der Waals surface area contributed by atoms with Crippen LogP contribution in [0.2, 0.25) is 5.02 Å². The molecule has 0 aliphatic heterocycles. The Balaban J connectivity index is 1.87. The van der Waals surface area contributed by atoms with Crippen LogP contribution in [0.3, 0.4) is 0 Å². The Labute approximate surface area is 132 Å². The maximum atomic E-state index is 6.25. The van der Waals surface area contributed by atoms with Crippen LogP contribution < -0.4 is 0 Å². The van der Waals surface area contributed by atoms with Crippen LogP contribution in [0, 0.1) is 0 Å². The van der Waals surface area contributed by atoms with Crippen molar-refractivity contribution in [3.8, 4) is 0 Å². The van der Waals surface area contributed by atoms with Crippen LogP contribution in [0.1, 0.15) is 24.5 Å². The smallest absolute Gasteiger partial charge is 0.127 e. The van der Waals surface area contributed by atoms with Crippen LogP contribution >= 0.6 is 23.2 Å². The van der Waals surface area contributed by atoms with Gasteiger partial charge in [-0.3, -0.25) is 4.68 Å². The van der Waals surface area contributed by atoms with E-state index >= 15 is 0 Å². The van der Waals surface area contributed by atoms with Gasteiger partial charge in [-0.05, 0) is 31.5 Å². The average molecular weight is 324 g/mol. The van der Waals surface area contributed by atoms with E-state index in [9.17, 15) is 0 Å². The number of aryl methyl sites for hydroxylation is 2. The Morgan fingerprint density at radius 1 is 1.29 bits per heavy atom. The number of fused-ring (bicyclic) bond motifs is 1. The van der Waals surface area contributed by atoms with Gasteiger partial charge in [-0.2, -0.15) is 0 Å². The number of aromatic nitrogens is 5. The molecule has 2 heterocycles. The van der Waals surface area contributed by atoms with Gasteiger partial charge in [-0.25, -0.2) is 4.98 Å². The third-order valence-electron chi connectivity index (χ3n) is 3.34. The van der Waals surface area contributed by atoms with Crippen molar-refractivity contribution in [3.05, 3.63) is 41.4 Å². The van der Waals surface area contributed by atoms with Gasteiger partial charge in [0.1, 0.15) is 5.82 Å². The van der Waals surface area contributed by atoms with E-state index in [1.165, 1.54) is 0 Å². The van der Waals surface area contributed by atoms with E-state index in [4.69, 9.17) is 23.2 Å². The van der Waals surface area contributed by atoms with E-state index in [2.05, 4.69) is 19.9 Å². The van der Waals surface area contributed by atoms with E-state index in [1.807, 2.05) is 36.0 Å². The van der Waals surface area contributed by atoms with E-state index in [0.29, 0.717) is 5.02 Å². The van der Waals surface area contributed by atoms with E-state index in [-0.39, 0.29) is 5.38 Å². The molecule has 0 saturated carbocycles. The second-order valence-electron chi connectivity index (χ2n) is 4.89. The number of hydrogen-bond acceptors (Lipinski definition) is 3. The largest absolute Gasteiger partial charge is 0.327 e. The van der Waals surface area contributed by atoms with Gasteiger partial charge in [0.15, 0.2) is 0 Å². The molecule has 1 aromatic carbocycles. The van der Waals surface area contributed by atoms with Crippen molar-refractivity contribution in [2.75, 3.05) is 0 Å². The summed E-state index contributed by atoms with van der Waals surface area (Å²) in [7, 11) is 0. The molecule has 21 heavy (non-hydrogen) atoms. The molecule has 1 unspecified atom stereocenters. The molecule has 3 aromatic rings. The summed E-state index contributed by atoms with van der Waals surface area (Å²) in [6.45, 7) is 3.54. The second kappa shape index (κ2) is 6.03. The van der Waals surface area contributed by atoms with Crippen LogP contribution in [-0.4, -0.2) is 24.5 Å². The second-order valence-corrected chi connectivity index (χ2v) is 5.98. The van der Waals surface area contributed by atoms with Crippen LogP contribution in [0.25, 0.3) is 11.0 Å².